The van der Waals surface area contributed by atoms with E-state index >= 15 is 0 Å². The molecule has 0 saturated heterocycles. The Morgan fingerprint density at radius 1 is 1.43 bits per heavy atom. The molecule has 0 fully saturated rings. The van der Waals surface area contributed by atoms with E-state index in [0.29, 0.717) is 12.3 Å². The molecule has 0 bridgehead atoms. The van der Waals surface area contributed by atoms with Gasteiger partial charge in [0.15, 0.2) is 0 Å². The van der Waals surface area contributed by atoms with Gasteiger partial charge in [-0.1, -0.05) is 15.9 Å². The highest BCUT2D eigenvalue weighted by Gasteiger charge is 2.02. The zero-order chi connectivity index (χ0) is 10.4. The molecule has 0 atom stereocenters. The maximum Gasteiger partial charge on any atom is 0.127 e. The van der Waals surface area contributed by atoms with Crippen LogP contribution in [0.4, 0.5) is 4.39 Å². The Morgan fingerprint density at radius 3 is 2.93 bits per heavy atom. The van der Waals surface area contributed by atoms with E-state index in [1.54, 1.807) is 17.8 Å². The lowest BCUT2D eigenvalue weighted by Crippen LogP contribution is -1.99. The Hall–Kier alpha value is -0.0600. The van der Waals surface area contributed by atoms with Crippen molar-refractivity contribution < 1.29 is 4.39 Å². The van der Waals surface area contributed by atoms with Crippen LogP contribution in [-0.2, 0) is 5.75 Å². The molecule has 0 heterocycles. The van der Waals surface area contributed by atoms with Crippen LogP contribution in [0.25, 0.3) is 0 Å². The molecule has 0 aliphatic rings. The number of hydrogen-bond acceptors (Lipinski definition) is 2. The maximum absolute atomic E-state index is 13.2. The minimum atomic E-state index is -0.131. The van der Waals surface area contributed by atoms with E-state index < -0.39 is 0 Å². The fraction of sp³-hybridized carbons (Fsp3) is 0.400. The van der Waals surface area contributed by atoms with Gasteiger partial charge in [0.1, 0.15) is 5.82 Å². The minimum Gasteiger partial charge on any atom is -0.330 e. The average molecular weight is 278 g/mol. The lowest BCUT2D eigenvalue weighted by atomic mass is 10.2. The summed E-state index contributed by atoms with van der Waals surface area (Å²) in [6.07, 6.45) is 0.986. The van der Waals surface area contributed by atoms with Crippen molar-refractivity contribution in [1.82, 2.24) is 0 Å². The van der Waals surface area contributed by atoms with Crippen molar-refractivity contribution in [2.45, 2.75) is 12.2 Å². The molecule has 14 heavy (non-hydrogen) atoms. The summed E-state index contributed by atoms with van der Waals surface area (Å²) in [7, 11) is 0. The summed E-state index contributed by atoms with van der Waals surface area (Å²) in [5.41, 5.74) is 6.12. The fourth-order valence-electron chi connectivity index (χ4n) is 1.02. The second-order valence-corrected chi connectivity index (χ2v) is 4.95. The van der Waals surface area contributed by atoms with Crippen LogP contribution in [0.5, 0.6) is 0 Å². The highest BCUT2D eigenvalue weighted by atomic mass is 79.9. The molecule has 1 aromatic carbocycles. The number of hydrogen-bond donors (Lipinski definition) is 1. The molecule has 0 aliphatic carbocycles. The molecule has 0 radical (unpaired) electrons. The minimum absolute atomic E-state index is 0.131. The summed E-state index contributed by atoms with van der Waals surface area (Å²) >= 11 is 5.04. The Kier molecular flexibility index (Phi) is 5.52. The maximum atomic E-state index is 13.2. The highest BCUT2D eigenvalue weighted by Crippen LogP contribution is 2.20. The van der Waals surface area contributed by atoms with Crippen LogP contribution in [0.3, 0.4) is 0 Å². The Labute approximate surface area is 96.4 Å². The Morgan fingerprint density at radius 2 is 2.21 bits per heavy atom. The molecule has 1 rings (SSSR count). The smallest absolute Gasteiger partial charge is 0.127 e. The van der Waals surface area contributed by atoms with Crippen LogP contribution < -0.4 is 5.73 Å². The topological polar surface area (TPSA) is 26.0 Å². The monoisotopic (exact) mass is 277 g/mol. The van der Waals surface area contributed by atoms with Gasteiger partial charge in [-0.15, -0.1) is 0 Å². The van der Waals surface area contributed by atoms with Crippen LogP contribution in [0.15, 0.2) is 22.7 Å². The van der Waals surface area contributed by atoms with Gasteiger partial charge < -0.3 is 5.73 Å². The van der Waals surface area contributed by atoms with Gasteiger partial charge in [0.25, 0.3) is 0 Å². The van der Waals surface area contributed by atoms with E-state index in [4.69, 9.17) is 5.73 Å². The third-order valence-electron chi connectivity index (χ3n) is 1.76. The summed E-state index contributed by atoms with van der Waals surface area (Å²) in [5, 5.41) is 0. The van der Waals surface area contributed by atoms with Crippen molar-refractivity contribution >= 4 is 27.7 Å². The van der Waals surface area contributed by atoms with E-state index in [0.717, 1.165) is 22.2 Å². The number of halogens is 2. The van der Waals surface area contributed by atoms with Crippen molar-refractivity contribution in [3.05, 3.63) is 34.1 Å². The van der Waals surface area contributed by atoms with Gasteiger partial charge in [-0.05, 0) is 42.5 Å². The zero-order valence-corrected chi connectivity index (χ0v) is 10.2. The quantitative estimate of drug-likeness (QED) is 0.837. The van der Waals surface area contributed by atoms with Crippen LogP contribution in [-0.4, -0.2) is 12.3 Å². The molecule has 0 unspecified atom stereocenters. The molecule has 0 saturated carbocycles. The van der Waals surface area contributed by atoms with Crippen molar-refractivity contribution in [1.29, 1.82) is 0 Å². The summed E-state index contributed by atoms with van der Waals surface area (Å²) in [6.45, 7) is 0.702. The van der Waals surface area contributed by atoms with Gasteiger partial charge in [-0.25, -0.2) is 4.39 Å². The second-order valence-electron chi connectivity index (χ2n) is 2.93. The van der Waals surface area contributed by atoms with Gasteiger partial charge >= 0.3 is 0 Å². The molecule has 0 spiro atoms. The van der Waals surface area contributed by atoms with E-state index in [-0.39, 0.29) is 5.82 Å². The predicted octanol–water partition coefficient (Wildman–Crippen LogP) is 3.17. The third-order valence-corrected chi connectivity index (χ3v) is 3.34. The van der Waals surface area contributed by atoms with E-state index in [1.807, 2.05) is 6.07 Å². The lowest BCUT2D eigenvalue weighted by molar-refractivity contribution is 0.617. The fourth-order valence-corrected chi connectivity index (χ4v) is 2.39. The van der Waals surface area contributed by atoms with E-state index in [1.165, 1.54) is 6.07 Å². The normalized spacial score (nSPS) is 10.5. The standard InChI is InChI=1S/C10H13BrFNS/c11-9-2-3-10(12)8(6-9)7-14-5-1-4-13/h2-3,6H,1,4-5,7,13H2. The highest BCUT2D eigenvalue weighted by molar-refractivity contribution is 9.10. The molecular formula is C10H13BrFNS. The first-order valence-corrected chi connectivity index (χ1v) is 6.40. The average Bonchev–Trinajstić information content (AvgIpc) is 2.18. The van der Waals surface area contributed by atoms with E-state index in [2.05, 4.69) is 15.9 Å². The molecular weight excluding hydrogens is 265 g/mol. The van der Waals surface area contributed by atoms with Gasteiger partial charge in [-0.2, -0.15) is 11.8 Å². The van der Waals surface area contributed by atoms with Crippen molar-refractivity contribution in [3.63, 3.8) is 0 Å². The Balaban J connectivity index is 2.45. The van der Waals surface area contributed by atoms with Gasteiger partial charge in [-0.3, -0.25) is 0 Å². The summed E-state index contributed by atoms with van der Waals surface area (Å²) < 4.78 is 14.1. The van der Waals surface area contributed by atoms with Gasteiger partial charge in [0.05, 0.1) is 0 Å². The van der Waals surface area contributed by atoms with Crippen LogP contribution >= 0.6 is 27.7 Å². The van der Waals surface area contributed by atoms with Crippen molar-refractivity contribution in [3.8, 4) is 0 Å². The largest absolute Gasteiger partial charge is 0.330 e. The first-order chi connectivity index (χ1) is 6.74. The molecule has 0 amide bonds. The molecule has 78 valence electrons. The first kappa shape index (κ1) is 12.0. The SMILES string of the molecule is NCCCSCc1cc(Br)ccc1F. The molecule has 4 heteroatoms. The molecule has 2 N–H and O–H groups in total. The summed E-state index contributed by atoms with van der Waals surface area (Å²) in [6, 6.07) is 5.02. The number of thioether (sulfide) groups is 1. The number of benzene rings is 1. The van der Waals surface area contributed by atoms with Crippen LogP contribution in [0.2, 0.25) is 0 Å². The van der Waals surface area contributed by atoms with Crippen LogP contribution in [0, 0.1) is 5.82 Å². The van der Waals surface area contributed by atoms with Crippen molar-refractivity contribution in [2.75, 3.05) is 12.3 Å². The second kappa shape index (κ2) is 6.43. The molecule has 1 nitrogen and oxygen atoms in total. The van der Waals surface area contributed by atoms with Crippen molar-refractivity contribution in [2.24, 2.45) is 5.73 Å². The van der Waals surface area contributed by atoms with E-state index in [9.17, 15) is 4.39 Å². The predicted molar refractivity (Wildman–Crippen MR) is 63.9 cm³/mol. The molecule has 0 aromatic heterocycles. The summed E-state index contributed by atoms with van der Waals surface area (Å²) in [4.78, 5) is 0. The summed E-state index contributed by atoms with van der Waals surface area (Å²) in [5.74, 6) is 1.57. The van der Waals surface area contributed by atoms with Gasteiger partial charge in [0.2, 0.25) is 0 Å². The lowest BCUT2D eigenvalue weighted by Gasteiger charge is -2.03. The van der Waals surface area contributed by atoms with Gasteiger partial charge in [0, 0.05) is 10.2 Å². The Bertz CT molecular complexity index is 293. The number of rotatable bonds is 5. The zero-order valence-electron chi connectivity index (χ0n) is 7.80. The first-order valence-electron chi connectivity index (χ1n) is 4.46. The molecule has 1 aromatic rings. The molecule has 0 aliphatic heterocycles. The number of nitrogens with two attached hydrogens (primary N) is 1. The van der Waals surface area contributed by atoms with Crippen LogP contribution in [0.1, 0.15) is 12.0 Å². The third kappa shape index (κ3) is 3.98.